The van der Waals surface area contributed by atoms with E-state index in [4.69, 9.17) is 4.74 Å². The molecule has 1 saturated heterocycles. The van der Waals surface area contributed by atoms with Crippen molar-refractivity contribution in [1.29, 1.82) is 0 Å². The summed E-state index contributed by atoms with van der Waals surface area (Å²) in [6.45, 7) is 7.07. The lowest BCUT2D eigenvalue weighted by atomic mass is 9.87. The van der Waals surface area contributed by atoms with Crippen LogP contribution in [0.4, 0.5) is 5.69 Å². The Hall–Kier alpha value is -3.48. The van der Waals surface area contributed by atoms with Crippen LogP contribution in [0.1, 0.15) is 53.9 Å². The Morgan fingerprint density at radius 2 is 1.69 bits per heavy atom. The van der Waals surface area contributed by atoms with Crippen molar-refractivity contribution in [2.45, 2.75) is 44.9 Å². The monoisotopic (exact) mass is 472 g/mol. The zero-order valence-electron chi connectivity index (χ0n) is 20.4. The fraction of sp³-hybridized carbons (Fsp3) is 0.310. The topological polar surface area (TPSA) is 78.9 Å². The van der Waals surface area contributed by atoms with Crippen molar-refractivity contribution >= 4 is 17.5 Å². The van der Waals surface area contributed by atoms with E-state index in [1.165, 1.54) is 5.56 Å². The van der Waals surface area contributed by atoms with E-state index in [2.05, 4.69) is 26.1 Å². The Labute approximate surface area is 206 Å². The number of aliphatic hydroxyl groups excluding tert-OH is 1. The van der Waals surface area contributed by atoms with Gasteiger partial charge in [0.2, 0.25) is 5.91 Å². The summed E-state index contributed by atoms with van der Waals surface area (Å²) in [5.74, 6) is -0.343. The molecule has 0 aliphatic carbocycles. The second kappa shape index (κ2) is 10.4. The molecule has 2 N–H and O–H groups in total. The molecule has 0 radical (unpaired) electrons. The maximum atomic E-state index is 12.7. The Morgan fingerprint density at radius 3 is 2.31 bits per heavy atom. The number of morpholine rings is 1. The Balaban J connectivity index is 1.43. The third kappa shape index (κ3) is 5.96. The van der Waals surface area contributed by atoms with Crippen LogP contribution in [0.3, 0.4) is 0 Å². The van der Waals surface area contributed by atoms with E-state index < -0.39 is 12.1 Å². The van der Waals surface area contributed by atoms with Crippen LogP contribution in [0.2, 0.25) is 0 Å². The fourth-order valence-electron chi connectivity index (χ4n) is 4.18. The van der Waals surface area contributed by atoms with Gasteiger partial charge in [0, 0.05) is 17.8 Å². The number of anilines is 1. The van der Waals surface area contributed by atoms with Crippen molar-refractivity contribution < 1.29 is 19.4 Å². The van der Waals surface area contributed by atoms with E-state index in [9.17, 15) is 14.7 Å². The molecule has 1 aliphatic heterocycles. The molecule has 2 atom stereocenters. The molecule has 4 rings (SSSR count). The van der Waals surface area contributed by atoms with Gasteiger partial charge >= 0.3 is 0 Å². The number of aliphatic hydroxyl groups is 1. The van der Waals surface area contributed by atoms with Crippen molar-refractivity contribution in [2.75, 3.05) is 18.5 Å². The summed E-state index contributed by atoms with van der Waals surface area (Å²) in [6.07, 6.45) is -0.919. The molecule has 35 heavy (non-hydrogen) atoms. The lowest BCUT2D eigenvalue weighted by Crippen LogP contribution is -2.51. The number of hydrogen-bond acceptors (Lipinski definition) is 4. The number of nitrogens with one attached hydrogen (secondary N) is 1. The van der Waals surface area contributed by atoms with E-state index in [0.29, 0.717) is 23.4 Å². The normalized spacial score (nSPS) is 17.2. The van der Waals surface area contributed by atoms with Crippen LogP contribution in [0.15, 0.2) is 78.9 Å². The second-order valence-electron chi connectivity index (χ2n) is 9.94. The summed E-state index contributed by atoms with van der Waals surface area (Å²) in [5.41, 5.74) is 4.04. The SMILES string of the molecule is CC(C)(C)c1ccc(C(=O)Nc2ccc([C@@H](O)[C@H]3COCC(=O)N3Cc3ccccc3)cc2)cc1. The minimum Gasteiger partial charge on any atom is -0.386 e. The summed E-state index contributed by atoms with van der Waals surface area (Å²) in [4.78, 5) is 26.9. The largest absolute Gasteiger partial charge is 0.386 e. The summed E-state index contributed by atoms with van der Waals surface area (Å²) < 4.78 is 5.45. The van der Waals surface area contributed by atoms with Crippen LogP contribution in [0.5, 0.6) is 0 Å². The third-order valence-corrected chi connectivity index (χ3v) is 6.32. The molecule has 0 unspecified atom stereocenters. The Kier molecular flexibility index (Phi) is 7.34. The quantitative estimate of drug-likeness (QED) is 0.545. The van der Waals surface area contributed by atoms with Gasteiger partial charge in [-0.1, -0.05) is 75.4 Å². The molecular weight excluding hydrogens is 440 g/mol. The van der Waals surface area contributed by atoms with Gasteiger partial charge in [-0.25, -0.2) is 0 Å². The molecule has 182 valence electrons. The van der Waals surface area contributed by atoms with E-state index >= 15 is 0 Å². The van der Waals surface area contributed by atoms with Gasteiger partial charge in [0.05, 0.1) is 12.6 Å². The zero-order valence-corrected chi connectivity index (χ0v) is 20.4. The van der Waals surface area contributed by atoms with Gasteiger partial charge in [-0.3, -0.25) is 9.59 Å². The Morgan fingerprint density at radius 1 is 1.03 bits per heavy atom. The molecular formula is C29H32N2O4. The van der Waals surface area contributed by atoms with Crippen LogP contribution in [0, 0.1) is 0 Å². The summed E-state index contributed by atoms with van der Waals surface area (Å²) >= 11 is 0. The molecule has 6 nitrogen and oxygen atoms in total. The predicted molar refractivity (Wildman–Crippen MR) is 136 cm³/mol. The first-order valence-corrected chi connectivity index (χ1v) is 11.8. The minimum absolute atomic E-state index is 0.0117. The maximum absolute atomic E-state index is 12.7. The zero-order chi connectivity index (χ0) is 25.0. The number of hydrogen-bond donors (Lipinski definition) is 2. The predicted octanol–water partition coefficient (Wildman–Crippen LogP) is 4.70. The van der Waals surface area contributed by atoms with Crippen LogP contribution in [-0.2, 0) is 21.5 Å². The number of carbonyl (C=O) groups is 2. The van der Waals surface area contributed by atoms with Gasteiger partial charge in [-0.2, -0.15) is 0 Å². The molecule has 3 aromatic carbocycles. The second-order valence-corrected chi connectivity index (χ2v) is 9.94. The van der Waals surface area contributed by atoms with Crippen molar-refractivity contribution in [2.24, 2.45) is 0 Å². The number of carbonyl (C=O) groups excluding carboxylic acids is 2. The van der Waals surface area contributed by atoms with Crippen LogP contribution >= 0.6 is 0 Å². The first-order valence-electron chi connectivity index (χ1n) is 11.8. The number of rotatable bonds is 6. The highest BCUT2D eigenvalue weighted by atomic mass is 16.5. The first-order chi connectivity index (χ1) is 16.7. The number of ether oxygens (including phenoxy) is 1. The molecule has 1 aliphatic rings. The van der Waals surface area contributed by atoms with E-state index in [1.54, 1.807) is 29.2 Å². The fourth-order valence-corrected chi connectivity index (χ4v) is 4.18. The Bertz CT molecular complexity index is 1150. The molecule has 3 aromatic rings. The molecule has 0 bridgehead atoms. The van der Waals surface area contributed by atoms with Crippen LogP contribution in [0.25, 0.3) is 0 Å². The van der Waals surface area contributed by atoms with E-state index in [0.717, 1.165) is 5.56 Å². The van der Waals surface area contributed by atoms with Crippen molar-refractivity contribution in [1.82, 2.24) is 4.90 Å². The van der Waals surface area contributed by atoms with E-state index in [-0.39, 0.29) is 30.4 Å². The standard InChI is InChI=1S/C29H32N2O4/c1-29(2,3)23-13-9-22(10-14-23)28(34)30-24-15-11-21(12-16-24)27(33)25-18-35-19-26(32)31(25)17-20-7-5-4-6-8-20/h4-16,25,27,33H,17-19H2,1-3H3,(H,30,34)/t25-,27-/m1/s1. The lowest BCUT2D eigenvalue weighted by Gasteiger charge is -2.38. The van der Waals surface area contributed by atoms with Gasteiger partial charge in [0.1, 0.15) is 12.7 Å². The minimum atomic E-state index is -0.919. The lowest BCUT2D eigenvalue weighted by molar-refractivity contribution is -0.155. The molecule has 1 fully saturated rings. The van der Waals surface area contributed by atoms with E-state index in [1.807, 2.05) is 54.6 Å². The highest BCUT2D eigenvalue weighted by Crippen LogP contribution is 2.27. The van der Waals surface area contributed by atoms with Gasteiger partial charge in [0.25, 0.3) is 5.91 Å². The van der Waals surface area contributed by atoms with Crippen molar-refractivity contribution in [3.8, 4) is 0 Å². The highest BCUT2D eigenvalue weighted by Gasteiger charge is 2.34. The molecule has 1 heterocycles. The van der Waals surface area contributed by atoms with Crippen LogP contribution in [-0.4, -0.2) is 41.1 Å². The summed E-state index contributed by atoms with van der Waals surface area (Å²) in [6, 6.07) is 23.9. The van der Waals surface area contributed by atoms with Gasteiger partial charge < -0.3 is 20.1 Å². The van der Waals surface area contributed by atoms with Crippen molar-refractivity contribution in [3.05, 3.63) is 101 Å². The molecule has 2 amide bonds. The molecule has 0 aromatic heterocycles. The highest BCUT2D eigenvalue weighted by molar-refractivity contribution is 6.04. The van der Waals surface area contributed by atoms with Gasteiger partial charge in [-0.05, 0) is 46.4 Å². The van der Waals surface area contributed by atoms with Crippen LogP contribution < -0.4 is 5.32 Å². The summed E-state index contributed by atoms with van der Waals surface area (Å²) in [7, 11) is 0. The van der Waals surface area contributed by atoms with Gasteiger partial charge in [0.15, 0.2) is 0 Å². The first kappa shape index (κ1) is 24.6. The maximum Gasteiger partial charge on any atom is 0.255 e. The smallest absolute Gasteiger partial charge is 0.255 e. The number of nitrogens with zero attached hydrogens (tertiary/aromatic N) is 1. The molecule has 0 spiro atoms. The number of benzene rings is 3. The molecule has 0 saturated carbocycles. The average Bonchev–Trinajstić information content (AvgIpc) is 2.85. The average molecular weight is 473 g/mol. The number of amides is 2. The molecule has 6 heteroatoms. The van der Waals surface area contributed by atoms with Crippen molar-refractivity contribution in [3.63, 3.8) is 0 Å². The summed E-state index contributed by atoms with van der Waals surface area (Å²) in [5, 5.41) is 14.0. The van der Waals surface area contributed by atoms with Gasteiger partial charge in [-0.15, -0.1) is 0 Å². The third-order valence-electron chi connectivity index (χ3n) is 6.32.